The Morgan fingerprint density at radius 2 is 1.94 bits per heavy atom. The molecule has 0 aliphatic heterocycles. The largest absolute Gasteiger partial charge is 0.478 e. The highest BCUT2D eigenvalue weighted by Crippen LogP contribution is 2.24. The summed E-state index contributed by atoms with van der Waals surface area (Å²) in [4.78, 5) is 23.2. The van der Waals surface area contributed by atoms with Crippen LogP contribution in [-0.2, 0) is 0 Å². The molecular weight excluding hydrogens is 252 g/mol. The molecule has 0 aromatic carbocycles. The number of carboxylic acids is 1. The summed E-state index contributed by atoms with van der Waals surface area (Å²) >= 11 is 1.18. The highest BCUT2D eigenvalue weighted by molar-refractivity contribution is 7.99. The normalized spacial score (nSPS) is 10.3. The molecule has 0 bridgehead atoms. The number of rotatable bonds is 3. The third kappa shape index (κ3) is 2.75. The van der Waals surface area contributed by atoms with Crippen LogP contribution in [0.15, 0.2) is 34.8 Å². The van der Waals surface area contributed by atoms with E-state index in [0.717, 1.165) is 5.56 Å². The SMILES string of the molecule is Cc1cnc(Sc2cc(C(=O)O)c(N)cn2)nc1. The van der Waals surface area contributed by atoms with Crippen LogP contribution >= 0.6 is 11.8 Å². The van der Waals surface area contributed by atoms with E-state index in [9.17, 15) is 4.79 Å². The second kappa shape index (κ2) is 5.01. The van der Waals surface area contributed by atoms with Gasteiger partial charge in [0.1, 0.15) is 5.03 Å². The van der Waals surface area contributed by atoms with E-state index in [1.54, 1.807) is 12.4 Å². The lowest BCUT2D eigenvalue weighted by Crippen LogP contribution is -2.03. The van der Waals surface area contributed by atoms with Gasteiger partial charge in [0, 0.05) is 12.4 Å². The zero-order valence-electron chi connectivity index (χ0n) is 9.49. The molecule has 0 spiro atoms. The van der Waals surface area contributed by atoms with Gasteiger partial charge in [0.05, 0.1) is 17.4 Å². The Balaban J connectivity index is 2.27. The first kappa shape index (κ1) is 12.3. The summed E-state index contributed by atoms with van der Waals surface area (Å²) in [6, 6.07) is 1.41. The lowest BCUT2D eigenvalue weighted by atomic mass is 10.2. The molecule has 2 heterocycles. The maximum atomic E-state index is 10.9. The van der Waals surface area contributed by atoms with Gasteiger partial charge < -0.3 is 10.8 Å². The topological polar surface area (TPSA) is 102 Å². The zero-order valence-corrected chi connectivity index (χ0v) is 10.3. The predicted octanol–water partition coefficient (Wildman–Crippen LogP) is 1.61. The van der Waals surface area contributed by atoms with Crippen molar-refractivity contribution in [3.63, 3.8) is 0 Å². The van der Waals surface area contributed by atoms with Crippen molar-refractivity contribution >= 4 is 23.4 Å². The number of carbonyl (C=O) groups is 1. The van der Waals surface area contributed by atoms with Crippen molar-refractivity contribution in [1.29, 1.82) is 0 Å². The molecule has 18 heavy (non-hydrogen) atoms. The van der Waals surface area contributed by atoms with Crippen molar-refractivity contribution in [2.45, 2.75) is 17.1 Å². The van der Waals surface area contributed by atoms with Crippen molar-refractivity contribution in [3.8, 4) is 0 Å². The van der Waals surface area contributed by atoms with E-state index in [2.05, 4.69) is 15.0 Å². The fourth-order valence-electron chi connectivity index (χ4n) is 1.21. The predicted molar refractivity (Wildman–Crippen MR) is 66.5 cm³/mol. The van der Waals surface area contributed by atoms with Gasteiger partial charge in [-0.3, -0.25) is 0 Å². The minimum Gasteiger partial charge on any atom is -0.478 e. The number of pyridine rings is 1. The molecular formula is C11H10N4O2S. The number of aryl methyl sites for hydroxylation is 1. The Kier molecular flexibility index (Phi) is 3.42. The molecule has 2 rings (SSSR count). The summed E-state index contributed by atoms with van der Waals surface area (Å²) in [6.07, 6.45) is 4.69. The average molecular weight is 262 g/mol. The van der Waals surface area contributed by atoms with Gasteiger partial charge in [-0.15, -0.1) is 0 Å². The summed E-state index contributed by atoms with van der Waals surface area (Å²) in [5, 5.41) is 9.94. The first-order valence-corrected chi connectivity index (χ1v) is 5.83. The number of hydrogen-bond donors (Lipinski definition) is 2. The maximum Gasteiger partial charge on any atom is 0.337 e. The highest BCUT2D eigenvalue weighted by Gasteiger charge is 2.11. The summed E-state index contributed by atoms with van der Waals surface area (Å²) in [6.45, 7) is 1.89. The van der Waals surface area contributed by atoms with E-state index in [1.165, 1.54) is 24.0 Å². The third-order valence-electron chi connectivity index (χ3n) is 2.09. The lowest BCUT2D eigenvalue weighted by molar-refractivity contribution is 0.0697. The van der Waals surface area contributed by atoms with Crippen LogP contribution in [0.2, 0.25) is 0 Å². The standard InChI is InChI=1S/C11H10N4O2S/c1-6-3-14-11(15-4-6)18-9-2-7(10(16)17)8(12)5-13-9/h2-5H,12H2,1H3,(H,16,17). The molecule has 6 nitrogen and oxygen atoms in total. The molecule has 0 fully saturated rings. The molecule has 3 N–H and O–H groups in total. The molecule has 7 heteroatoms. The molecule has 0 radical (unpaired) electrons. The number of nitrogens with two attached hydrogens (primary N) is 1. The van der Waals surface area contributed by atoms with Crippen LogP contribution < -0.4 is 5.73 Å². The van der Waals surface area contributed by atoms with E-state index >= 15 is 0 Å². The van der Waals surface area contributed by atoms with Crippen LogP contribution in [0.4, 0.5) is 5.69 Å². The number of carboxylic acid groups (broad SMARTS) is 1. The van der Waals surface area contributed by atoms with Gasteiger partial charge in [-0.05, 0) is 30.3 Å². The van der Waals surface area contributed by atoms with Gasteiger partial charge in [-0.2, -0.15) is 0 Å². The second-order valence-corrected chi connectivity index (χ2v) is 4.55. The lowest BCUT2D eigenvalue weighted by Gasteiger charge is -2.03. The monoisotopic (exact) mass is 262 g/mol. The number of aromatic nitrogens is 3. The average Bonchev–Trinajstić information content (AvgIpc) is 2.34. The van der Waals surface area contributed by atoms with Crippen LogP contribution in [0.3, 0.4) is 0 Å². The summed E-state index contributed by atoms with van der Waals surface area (Å²) in [5.41, 5.74) is 6.64. The molecule has 0 unspecified atom stereocenters. The number of nitrogens with zero attached hydrogens (tertiary/aromatic N) is 3. The Labute approximate surface area is 107 Å². The molecule has 0 aliphatic carbocycles. The van der Waals surface area contributed by atoms with E-state index < -0.39 is 5.97 Å². The molecule has 0 atom stereocenters. The Bertz CT molecular complexity index is 586. The van der Waals surface area contributed by atoms with Gasteiger partial charge in [-0.1, -0.05) is 0 Å². The van der Waals surface area contributed by atoms with Gasteiger partial charge in [0.25, 0.3) is 0 Å². The Hall–Kier alpha value is -2.15. The molecule has 92 valence electrons. The maximum absolute atomic E-state index is 10.9. The first-order valence-electron chi connectivity index (χ1n) is 5.01. The van der Waals surface area contributed by atoms with Crippen LogP contribution in [0.25, 0.3) is 0 Å². The van der Waals surface area contributed by atoms with E-state index in [0.29, 0.717) is 10.2 Å². The van der Waals surface area contributed by atoms with E-state index in [-0.39, 0.29) is 11.3 Å². The summed E-state index contributed by atoms with van der Waals surface area (Å²) in [7, 11) is 0. The molecule has 2 aromatic heterocycles. The van der Waals surface area contributed by atoms with Gasteiger partial charge >= 0.3 is 5.97 Å². The number of anilines is 1. The number of aromatic carboxylic acids is 1. The number of hydrogen-bond acceptors (Lipinski definition) is 6. The van der Waals surface area contributed by atoms with E-state index in [1.807, 2.05) is 6.92 Å². The molecule has 0 amide bonds. The highest BCUT2D eigenvalue weighted by atomic mass is 32.2. The van der Waals surface area contributed by atoms with Crippen molar-refractivity contribution in [3.05, 3.63) is 35.8 Å². The van der Waals surface area contributed by atoms with Crippen molar-refractivity contribution < 1.29 is 9.90 Å². The van der Waals surface area contributed by atoms with Crippen LogP contribution in [0.1, 0.15) is 15.9 Å². The van der Waals surface area contributed by atoms with Crippen molar-refractivity contribution in [1.82, 2.24) is 15.0 Å². The van der Waals surface area contributed by atoms with Gasteiger partial charge in [-0.25, -0.2) is 19.7 Å². The van der Waals surface area contributed by atoms with Gasteiger partial charge in [0.15, 0.2) is 5.16 Å². The molecule has 0 saturated carbocycles. The molecule has 0 aliphatic rings. The van der Waals surface area contributed by atoms with Gasteiger partial charge in [0.2, 0.25) is 0 Å². The third-order valence-corrected chi connectivity index (χ3v) is 2.92. The molecule has 0 saturated heterocycles. The van der Waals surface area contributed by atoms with Crippen molar-refractivity contribution in [2.24, 2.45) is 0 Å². The fourth-order valence-corrected chi connectivity index (χ4v) is 1.89. The van der Waals surface area contributed by atoms with Crippen LogP contribution in [0.5, 0.6) is 0 Å². The zero-order chi connectivity index (χ0) is 13.1. The van der Waals surface area contributed by atoms with Crippen LogP contribution in [0, 0.1) is 6.92 Å². The van der Waals surface area contributed by atoms with Crippen LogP contribution in [-0.4, -0.2) is 26.0 Å². The summed E-state index contributed by atoms with van der Waals surface area (Å²) < 4.78 is 0. The quantitative estimate of drug-likeness (QED) is 0.810. The minimum absolute atomic E-state index is 0.0274. The van der Waals surface area contributed by atoms with E-state index in [4.69, 9.17) is 10.8 Å². The Morgan fingerprint density at radius 1 is 1.28 bits per heavy atom. The first-order chi connectivity index (χ1) is 8.56. The second-order valence-electron chi connectivity index (χ2n) is 3.56. The Morgan fingerprint density at radius 3 is 2.56 bits per heavy atom. The van der Waals surface area contributed by atoms with Crippen molar-refractivity contribution in [2.75, 3.05) is 5.73 Å². The smallest absolute Gasteiger partial charge is 0.337 e. The summed E-state index contributed by atoms with van der Waals surface area (Å²) in [5.74, 6) is -1.08. The minimum atomic E-state index is -1.08. The fraction of sp³-hybridized carbons (Fsp3) is 0.0909. The number of nitrogen functional groups attached to an aromatic ring is 1. The molecule has 2 aromatic rings.